The molecule has 96 valence electrons. The van der Waals surface area contributed by atoms with E-state index in [1.165, 1.54) is 0 Å². The first-order chi connectivity index (χ1) is 8.11. The second-order valence-corrected chi connectivity index (χ2v) is 4.90. The molecule has 0 aliphatic carbocycles. The van der Waals surface area contributed by atoms with Crippen LogP contribution in [0.5, 0.6) is 5.75 Å². The molecule has 1 rings (SSSR count). The lowest BCUT2D eigenvalue weighted by Gasteiger charge is -2.15. The van der Waals surface area contributed by atoms with Gasteiger partial charge >= 0.3 is 0 Å². The molecule has 0 aromatic heterocycles. The Morgan fingerprint density at radius 1 is 1.24 bits per heavy atom. The van der Waals surface area contributed by atoms with E-state index in [9.17, 15) is 0 Å². The molecule has 1 N–H and O–H groups in total. The number of hydrogen-bond donors (Lipinski definition) is 1. The van der Waals surface area contributed by atoms with Gasteiger partial charge in [-0.25, -0.2) is 0 Å². The number of ether oxygens (including phenoxy) is 1. The summed E-state index contributed by atoms with van der Waals surface area (Å²) in [5.74, 6) is 0.735. The third-order valence-corrected chi connectivity index (χ3v) is 2.82. The van der Waals surface area contributed by atoms with Gasteiger partial charge in [-0.05, 0) is 51.1 Å². The molecule has 1 aromatic carbocycles. The molecule has 0 bridgehead atoms. The van der Waals surface area contributed by atoms with Crippen LogP contribution in [0.1, 0.15) is 26.7 Å². The Bertz CT molecular complexity index is 324. The van der Waals surface area contributed by atoms with Gasteiger partial charge in [-0.2, -0.15) is 0 Å². The molecule has 0 saturated heterocycles. The van der Waals surface area contributed by atoms with E-state index in [0.717, 1.165) is 31.7 Å². The quantitative estimate of drug-likeness (QED) is 0.755. The topological polar surface area (TPSA) is 21.3 Å². The lowest BCUT2D eigenvalue weighted by molar-refractivity contribution is 0.207. The van der Waals surface area contributed by atoms with Gasteiger partial charge in [-0.3, -0.25) is 0 Å². The summed E-state index contributed by atoms with van der Waals surface area (Å²) in [6, 6.07) is 5.27. The van der Waals surface area contributed by atoms with Crippen LogP contribution in [0.15, 0.2) is 18.2 Å². The zero-order chi connectivity index (χ0) is 12.7. The van der Waals surface area contributed by atoms with Crippen LogP contribution in [-0.2, 0) is 0 Å². The van der Waals surface area contributed by atoms with Crippen molar-refractivity contribution in [3.05, 3.63) is 28.2 Å². The maximum atomic E-state index is 5.90. The average molecular weight is 276 g/mol. The predicted molar refractivity (Wildman–Crippen MR) is 74.3 cm³/mol. The highest BCUT2D eigenvalue weighted by Gasteiger charge is 2.05. The van der Waals surface area contributed by atoms with E-state index in [-0.39, 0.29) is 6.10 Å². The van der Waals surface area contributed by atoms with E-state index in [2.05, 4.69) is 19.2 Å². The predicted octanol–water partition coefficient (Wildman–Crippen LogP) is 4.15. The highest BCUT2D eigenvalue weighted by molar-refractivity contribution is 6.34. The van der Waals surface area contributed by atoms with E-state index < -0.39 is 0 Å². The molecule has 4 heteroatoms. The Kier molecular flexibility index (Phi) is 6.71. The van der Waals surface area contributed by atoms with Crippen molar-refractivity contribution in [1.82, 2.24) is 5.32 Å². The van der Waals surface area contributed by atoms with Gasteiger partial charge in [0.1, 0.15) is 5.75 Å². The van der Waals surface area contributed by atoms with Crippen molar-refractivity contribution in [3.63, 3.8) is 0 Å². The number of hydrogen-bond acceptors (Lipinski definition) is 2. The van der Waals surface area contributed by atoms with Crippen LogP contribution >= 0.6 is 23.2 Å². The minimum atomic E-state index is 0.170. The first kappa shape index (κ1) is 14.6. The van der Waals surface area contributed by atoms with E-state index in [4.69, 9.17) is 27.9 Å². The molecule has 1 unspecified atom stereocenters. The van der Waals surface area contributed by atoms with Gasteiger partial charge in [0.25, 0.3) is 0 Å². The zero-order valence-electron chi connectivity index (χ0n) is 10.3. The van der Waals surface area contributed by atoms with Crippen molar-refractivity contribution >= 4 is 23.2 Å². The number of rotatable bonds is 7. The van der Waals surface area contributed by atoms with Crippen LogP contribution in [-0.4, -0.2) is 19.2 Å². The van der Waals surface area contributed by atoms with E-state index in [0.29, 0.717) is 10.0 Å². The minimum Gasteiger partial charge on any atom is -0.491 e. The summed E-state index contributed by atoms with van der Waals surface area (Å²) in [7, 11) is 0. The first-order valence-corrected chi connectivity index (χ1v) is 6.71. The number of halogens is 2. The highest BCUT2D eigenvalue weighted by atomic mass is 35.5. The summed E-state index contributed by atoms with van der Waals surface area (Å²) in [4.78, 5) is 0. The van der Waals surface area contributed by atoms with Gasteiger partial charge in [0.2, 0.25) is 0 Å². The molecule has 0 heterocycles. The molecule has 1 atom stereocenters. The third-order valence-electron chi connectivity index (χ3n) is 2.39. The second kappa shape index (κ2) is 7.80. The molecule has 1 aromatic rings. The molecular formula is C13H19Cl2NO. The van der Waals surface area contributed by atoms with Gasteiger partial charge in [0.05, 0.1) is 6.10 Å². The zero-order valence-corrected chi connectivity index (χ0v) is 11.8. The molecule has 0 amide bonds. The van der Waals surface area contributed by atoms with Crippen molar-refractivity contribution < 1.29 is 4.74 Å². The van der Waals surface area contributed by atoms with Crippen LogP contribution in [0.25, 0.3) is 0 Å². The van der Waals surface area contributed by atoms with Crippen LogP contribution < -0.4 is 10.1 Å². The summed E-state index contributed by atoms with van der Waals surface area (Å²) in [5, 5.41) is 4.50. The molecule has 0 aliphatic heterocycles. The van der Waals surface area contributed by atoms with Gasteiger partial charge in [0, 0.05) is 10.0 Å². The Labute approximate surface area is 113 Å². The van der Waals surface area contributed by atoms with Crippen molar-refractivity contribution in [3.8, 4) is 5.75 Å². The average Bonchev–Trinajstić information content (AvgIpc) is 2.23. The Morgan fingerprint density at radius 3 is 2.47 bits per heavy atom. The van der Waals surface area contributed by atoms with Gasteiger partial charge in [0.15, 0.2) is 0 Å². The fourth-order valence-corrected chi connectivity index (χ4v) is 2.09. The molecule has 0 saturated carbocycles. The van der Waals surface area contributed by atoms with Gasteiger partial charge < -0.3 is 10.1 Å². The smallest absolute Gasteiger partial charge is 0.122 e. The Hall–Kier alpha value is -0.440. The summed E-state index contributed by atoms with van der Waals surface area (Å²) >= 11 is 11.8. The van der Waals surface area contributed by atoms with E-state index >= 15 is 0 Å². The maximum Gasteiger partial charge on any atom is 0.122 e. The molecule has 0 radical (unpaired) electrons. The summed E-state index contributed by atoms with van der Waals surface area (Å²) < 4.78 is 5.76. The Morgan fingerprint density at radius 2 is 1.88 bits per heavy atom. The summed E-state index contributed by atoms with van der Waals surface area (Å²) in [5.41, 5.74) is 0. The molecule has 0 fully saturated rings. The lowest BCUT2D eigenvalue weighted by atomic mass is 10.2. The molecular weight excluding hydrogens is 257 g/mol. The fraction of sp³-hybridized carbons (Fsp3) is 0.538. The molecule has 2 nitrogen and oxygen atoms in total. The summed E-state index contributed by atoms with van der Waals surface area (Å²) in [6.07, 6.45) is 2.28. The van der Waals surface area contributed by atoms with Gasteiger partial charge in [-0.15, -0.1) is 0 Å². The van der Waals surface area contributed by atoms with Crippen molar-refractivity contribution in [1.29, 1.82) is 0 Å². The number of benzene rings is 1. The normalized spacial score (nSPS) is 12.5. The van der Waals surface area contributed by atoms with Crippen LogP contribution in [0.2, 0.25) is 10.0 Å². The largest absolute Gasteiger partial charge is 0.491 e. The SMILES string of the molecule is CCNCCCC(C)Oc1cc(Cl)cc(Cl)c1. The Balaban J connectivity index is 2.36. The fourth-order valence-electron chi connectivity index (χ4n) is 1.58. The maximum absolute atomic E-state index is 5.90. The third kappa shape index (κ3) is 6.16. The van der Waals surface area contributed by atoms with Gasteiger partial charge in [-0.1, -0.05) is 30.1 Å². The second-order valence-electron chi connectivity index (χ2n) is 4.03. The van der Waals surface area contributed by atoms with Crippen molar-refractivity contribution in [2.24, 2.45) is 0 Å². The van der Waals surface area contributed by atoms with E-state index in [1.54, 1.807) is 18.2 Å². The van der Waals surface area contributed by atoms with Crippen LogP contribution in [0.3, 0.4) is 0 Å². The van der Waals surface area contributed by atoms with Crippen molar-refractivity contribution in [2.45, 2.75) is 32.8 Å². The minimum absolute atomic E-state index is 0.170. The van der Waals surface area contributed by atoms with Crippen molar-refractivity contribution in [2.75, 3.05) is 13.1 Å². The highest BCUT2D eigenvalue weighted by Crippen LogP contribution is 2.25. The standard InChI is InChI=1S/C13H19Cl2NO/c1-3-16-6-4-5-10(2)17-13-8-11(14)7-12(15)9-13/h7-10,16H,3-6H2,1-2H3. The lowest BCUT2D eigenvalue weighted by Crippen LogP contribution is -2.18. The monoisotopic (exact) mass is 275 g/mol. The molecule has 0 spiro atoms. The van der Waals surface area contributed by atoms with E-state index in [1.807, 2.05) is 0 Å². The first-order valence-electron chi connectivity index (χ1n) is 5.95. The van der Waals surface area contributed by atoms with Crippen LogP contribution in [0.4, 0.5) is 0 Å². The van der Waals surface area contributed by atoms with Crippen LogP contribution in [0, 0.1) is 0 Å². The number of nitrogens with one attached hydrogen (secondary N) is 1. The summed E-state index contributed by atoms with van der Waals surface area (Å²) in [6.45, 7) is 6.20. The molecule has 17 heavy (non-hydrogen) atoms. The molecule has 0 aliphatic rings.